The Labute approximate surface area is 185 Å². The first kappa shape index (κ1) is 26.0. The molecule has 0 aliphatic heterocycles. The highest BCUT2D eigenvalue weighted by Gasteiger charge is 2.32. The summed E-state index contributed by atoms with van der Waals surface area (Å²) in [6.07, 6.45) is 7.78. The summed E-state index contributed by atoms with van der Waals surface area (Å²) in [6.45, 7) is 11.1. The Morgan fingerprint density at radius 2 is 1.84 bits per heavy atom. The number of nitrogens with zero attached hydrogens (tertiary/aromatic N) is 1. The van der Waals surface area contributed by atoms with E-state index in [0.717, 1.165) is 35.3 Å². The van der Waals surface area contributed by atoms with E-state index in [1.165, 1.54) is 0 Å². The molecule has 0 aliphatic carbocycles. The quantitative estimate of drug-likeness (QED) is 0.357. The van der Waals surface area contributed by atoms with E-state index in [-0.39, 0.29) is 12.5 Å². The van der Waals surface area contributed by atoms with E-state index in [4.69, 9.17) is 11.2 Å². The molecule has 0 aliphatic rings. The molecule has 1 aromatic rings. The van der Waals surface area contributed by atoms with Gasteiger partial charge in [0.2, 0.25) is 5.91 Å². The molecule has 1 rings (SSSR count). The summed E-state index contributed by atoms with van der Waals surface area (Å²) in [6, 6.07) is 7.00. The first-order valence-corrected chi connectivity index (χ1v) is 10.6. The number of unbranched alkanes of at least 4 members (excludes halogenated alkanes) is 2. The van der Waals surface area contributed by atoms with E-state index in [1.807, 2.05) is 32.0 Å². The normalized spacial score (nSPS) is 11.8. The van der Waals surface area contributed by atoms with Crippen molar-refractivity contribution in [2.45, 2.75) is 72.4 Å². The van der Waals surface area contributed by atoms with Crippen molar-refractivity contribution in [3.8, 4) is 12.5 Å². The molecule has 0 aromatic heterocycles. The average Bonchev–Trinajstić information content (AvgIpc) is 2.68. The number of alkyl carbamates (subject to hydrolysis) is 1. The van der Waals surface area contributed by atoms with E-state index in [1.54, 1.807) is 20.8 Å². The molecule has 0 saturated carbocycles. The van der Waals surface area contributed by atoms with Crippen LogP contribution in [-0.2, 0) is 14.3 Å². The second-order valence-corrected chi connectivity index (χ2v) is 8.51. The van der Waals surface area contributed by atoms with Crippen LogP contribution in [-0.4, -0.2) is 41.5 Å². The van der Waals surface area contributed by atoms with Gasteiger partial charge in [0.15, 0.2) is 0 Å². The molecule has 0 spiro atoms. The number of hydrogen-bond donors (Lipinski definition) is 2. The summed E-state index contributed by atoms with van der Waals surface area (Å²) >= 11 is 0. The zero-order valence-corrected chi connectivity index (χ0v) is 19.5. The van der Waals surface area contributed by atoms with E-state index in [2.05, 4.69) is 23.6 Å². The van der Waals surface area contributed by atoms with Gasteiger partial charge in [-0.05, 0) is 52.2 Å². The Kier molecular flexibility index (Phi) is 10.1. The van der Waals surface area contributed by atoms with Crippen LogP contribution in [0.5, 0.6) is 0 Å². The third kappa shape index (κ3) is 8.71. The maximum absolute atomic E-state index is 13.1. The van der Waals surface area contributed by atoms with Gasteiger partial charge in [-0.15, -0.1) is 0 Å². The lowest BCUT2D eigenvalue weighted by Crippen LogP contribution is -2.46. The number of rotatable bonds is 9. The second kappa shape index (κ2) is 12.0. The first-order valence-electron chi connectivity index (χ1n) is 10.6. The second-order valence-electron chi connectivity index (χ2n) is 8.51. The fourth-order valence-electron chi connectivity index (χ4n) is 2.97. The van der Waals surface area contributed by atoms with E-state index in [0.29, 0.717) is 12.1 Å². The summed E-state index contributed by atoms with van der Waals surface area (Å²) in [7, 11) is 0. The maximum Gasteiger partial charge on any atom is 0.408 e. The fraction of sp³-hybridized carbons (Fsp3) is 0.542. The van der Waals surface area contributed by atoms with Gasteiger partial charge >= 0.3 is 6.09 Å². The van der Waals surface area contributed by atoms with Crippen molar-refractivity contribution in [1.29, 1.82) is 0 Å². The lowest BCUT2D eigenvalue weighted by atomic mass is 9.97. The molecule has 0 heterocycles. The van der Waals surface area contributed by atoms with Crippen molar-refractivity contribution in [2.75, 3.05) is 13.1 Å². The molecular formula is C24H35N3O4. The number of amides is 3. The molecule has 0 radical (unpaired) electrons. The molecule has 0 saturated heterocycles. The topological polar surface area (TPSA) is 87.7 Å². The van der Waals surface area contributed by atoms with Crippen molar-refractivity contribution in [2.24, 2.45) is 0 Å². The minimum atomic E-state index is -1.00. The number of nitrogens with one attached hydrogen (secondary N) is 2. The lowest BCUT2D eigenvalue weighted by Gasteiger charge is -2.28. The Hall–Kier alpha value is -3.01. The zero-order chi connectivity index (χ0) is 23.6. The number of terminal acetylenes is 1. The maximum atomic E-state index is 13.1. The minimum absolute atomic E-state index is 0.353. The van der Waals surface area contributed by atoms with Crippen LogP contribution in [0.25, 0.3) is 0 Å². The SMILES string of the molecule is C#CN(C(=O)CNC(=O)OC(C)(C)C)C(C(=O)NCCCCC)c1cc(C)ccc1C. The molecule has 170 valence electrons. The number of carbonyl (C=O) groups excluding carboxylic acids is 3. The molecule has 1 unspecified atom stereocenters. The Morgan fingerprint density at radius 3 is 2.42 bits per heavy atom. The minimum Gasteiger partial charge on any atom is -0.444 e. The third-order valence-corrected chi connectivity index (χ3v) is 4.51. The van der Waals surface area contributed by atoms with Crippen molar-refractivity contribution in [3.05, 3.63) is 34.9 Å². The van der Waals surface area contributed by atoms with Crippen LogP contribution in [0, 0.1) is 26.3 Å². The van der Waals surface area contributed by atoms with Gasteiger partial charge in [-0.25, -0.2) is 4.79 Å². The van der Waals surface area contributed by atoms with Crippen LogP contribution in [0.15, 0.2) is 18.2 Å². The van der Waals surface area contributed by atoms with Crippen LogP contribution in [0.2, 0.25) is 0 Å². The third-order valence-electron chi connectivity index (χ3n) is 4.51. The smallest absolute Gasteiger partial charge is 0.408 e. The summed E-state index contributed by atoms with van der Waals surface area (Å²) in [4.78, 5) is 38.9. The summed E-state index contributed by atoms with van der Waals surface area (Å²) in [5, 5.41) is 5.29. The summed E-state index contributed by atoms with van der Waals surface area (Å²) in [5.41, 5.74) is 1.74. The average molecular weight is 430 g/mol. The van der Waals surface area contributed by atoms with E-state index >= 15 is 0 Å². The number of benzene rings is 1. The van der Waals surface area contributed by atoms with Crippen LogP contribution in [0.3, 0.4) is 0 Å². The molecule has 31 heavy (non-hydrogen) atoms. The number of ether oxygens (including phenoxy) is 1. The van der Waals surface area contributed by atoms with Crippen molar-refractivity contribution >= 4 is 17.9 Å². The van der Waals surface area contributed by atoms with Crippen LogP contribution >= 0.6 is 0 Å². The molecule has 0 fully saturated rings. The monoisotopic (exact) mass is 429 g/mol. The van der Waals surface area contributed by atoms with Crippen molar-refractivity contribution in [3.63, 3.8) is 0 Å². The molecule has 1 aromatic carbocycles. The van der Waals surface area contributed by atoms with Gasteiger partial charge in [0.25, 0.3) is 5.91 Å². The summed E-state index contributed by atoms with van der Waals surface area (Å²) < 4.78 is 5.15. The summed E-state index contributed by atoms with van der Waals surface area (Å²) in [5.74, 6) is -0.934. The first-order chi connectivity index (χ1) is 14.5. The van der Waals surface area contributed by atoms with E-state index < -0.39 is 23.6 Å². The standard InChI is InChI=1S/C24H35N3O4/c1-8-10-11-14-25-22(29)21(19-15-17(3)12-13-18(19)4)27(9-2)20(28)16-26-23(30)31-24(5,6)7/h2,12-13,15,21H,8,10-11,14,16H2,1,3-7H3,(H,25,29)(H,26,30). The van der Waals surface area contributed by atoms with Gasteiger partial charge < -0.3 is 15.4 Å². The van der Waals surface area contributed by atoms with Crippen LogP contribution in [0.4, 0.5) is 4.79 Å². The van der Waals surface area contributed by atoms with Gasteiger partial charge in [-0.1, -0.05) is 50.0 Å². The molecule has 7 nitrogen and oxygen atoms in total. The largest absolute Gasteiger partial charge is 0.444 e. The van der Waals surface area contributed by atoms with Crippen LogP contribution in [0.1, 0.15) is 69.7 Å². The Bertz CT molecular complexity index is 821. The molecule has 0 bridgehead atoms. The molecule has 7 heteroatoms. The molecular weight excluding hydrogens is 394 g/mol. The van der Waals surface area contributed by atoms with Crippen molar-refractivity contribution < 1.29 is 19.1 Å². The van der Waals surface area contributed by atoms with Crippen LogP contribution < -0.4 is 10.6 Å². The zero-order valence-electron chi connectivity index (χ0n) is 19.5. The highest BCUT2D eigenvalue weighted by molar-refractivity contribution is 5.91. The molecule has 3 amide bonds. The Balaban J connectivity index is 3.09. The molecule has 2 N–H and O–H groups in total. The van der Waals surface area contributed by atoms with Gasteiger partial charge in [-0.2, -0.15) is 0 Å². The fourth-order valence-corrected chi connectivity index (χ4v) is 2.97. The Morgan fingerprint density at radius 1 is 1.16 bits per heavy atom. The lowest BCUT2D eigenvalue weighted by molar-refractivity contribution is -0.136. The van der Waals surface area contributed by atoms with Gasteiger partial charge in [-0.3, -0.25) is 14.5 Å². The number of carbonyl (C=O) groups is 3. The number of hydrogen-bond acceptors (Lipinski definition) is 4. The predicted molar refractivity (Wildman–Crippen MR) is 121 cm³/mol. The van der Waals surface area contributed by atoms with Gasteiger partial charge in [0.1, 0.15) is 18.2 Å². The van der Waals surface area contributed by atoms with Gasteiger partial charge in [0, 0.05) is 12.6 Å². The predicted octanol–water partition coefficient (Wildman–Crippen LogP) is 3.59. The highest BCUT2D eigenvalue weighted by atomic mass is 16.6. The van der Waals surface area contributed by atoms with E-state index in [9.17, 15) is 14.4 Å². The van der Waals surface area contributed by atoms with Gasteiger partial charge in [0.05, 0.1) is 0 Å². The highest BCUT2D eigenvalue weighted by Crippen LogP contribution is 2.25. The number of aryl methyl sites for hydroxylation is 2. The van der Waals surface area contributed by atoms with Crippen molar-refractivity contribution in [1.82, 2.24) is 15.5 Å². The molecule has 1 atom stereocenters.